The molecule has 1 N–H and O–H groups in total. The average molecular weight is 253 g/mol. The second kappa shape index (κ2) is 7.54. The molecule has 1 atom stereocenters. The largest absolute Gasteiger partial charge is 0.360 e. The minimum atomic E-state index is 0.471. The molecule has 0 aromatic carbocycles. The zero-order chi connectivity index (χ0) is 13.5. The molecule has 0 amide bonds. The summed E-state index contributed by atoms with van der Waals surface area (Å²) >= 11 is 0. The van der Waals surface area contributed by atoms with E-state index in [9.17, 15) is 0 Å². The van der Waals surface area contributed by atoms with Gasteiger partial charge in [0.05, 0.1) is 12.2 Å². The highest BCUT2D eigenvalue weighted by Gasteiger charge is 2.09. The van der Waals surface area contributed by atoms with Gasteiger partial charge in [0.25, 0.3) is 0 Å². The predicted octanol–water partition coefficient (Wildman–Crippen LogP) is 2.65. The monoisotopic (exact) mass is 253 g/mol. The third kappa shape index (κ3) is 5.65. The molecule has 0 aliphatic heterocycles. The van der Waals surface area contributed by atoms with Gasteiger partial charge in [0.2, 0.25) is 0 Å². The van der Waals surface area contributed by atoms with Crippen molar-refractivity contribution in [3.8, 4) is 0 Å². The number of hydrogen-bond acceptors (Lipinski definition) is 4. The van der Waals surface area contributed by atoms with Crippen LogP contribution in [0.1, 0.15) is 45.6 Å². The summed E-state index contributed by atoms with van der Waals surface area (Å²) in [4.78, 5) is 2.29. The van der Waals surface area contributed by atoms with Crippen molar-refractivity contribution in [2.24, 2.45) is 5.92 Å². The van der Waals surface area contributed by atoms with E-state index in [2.05, 4.69) is 50.1 Å². The van der Waals surface area contributed by atoms with Crippen LogP contribution in [-0.2, 0) is 13.1 Å². The third-order valence-electron chi connectivity index (χ3n) is 3.05. The van der Waals surface area contributed by atoms with Crippen LogP contribution in [0.25, 0.3) is 0 Å². The highest BCUT2D eigenvalue weighted by molar-refractivity contribution is 5.05. The maximum absolute atomic E-state index is 5.35. The Bertz CT molecular complexity index is 336. The Balaban J connectivity index is 2.38. The second-order valence-corrected chi connectivity index (χ2v) is 5.53. The molecule has 4 nitrogen and oxygen atoms in total. The van der Waals surface area contributed by atoms with Crippen molar-refractivity contribution in [1.29, 1.82) is 0 Å². The summed E-state index contributed by atoms with van der Waals surface area (Å²) in [6.07, 6.45) is 1.21. The van der Waals surface area contributed by atoms with Crippen molar-refractivity contribution in [2.45, 2.75) is 53.2 Å². The zero-order valence-electron chi connectivity index (χ0n) is 12.4. The van der Waals surface area contributed by atoms with Crippen molar-refractivity contribution < 1.29 is 4.52 Å². The van der Waals surface area contributed by atoms with Gasteiger partial charge >= 0.3 is 0 Å². The molecule has 104 valence electrons. The van der Waals surface area contributed by atoms with Crippen molar-refractivity contribution >= 4 is 0 Å². The van der Waals surface area contributed by atoms with Gasteiger partial charge in [-0.15, -0.1) is 0 Å². The first-order chi connectivity index (χ1) is 8.51. The molecular formula is C14H27N3O. The molecule has 1 aromatic heterocycles. The molecule has 1 unspecified atom stereocenters. The fraction of sp³-hybridized carbons (Fsp3) is 0.786. The Labute approximate surface area is 111 Å². The zero-order valence-corrected chi connectivity index (χ0v) is 12.4. The normalized spacial score (nSPS) is 13.5. The number of rotatable bonds is 8. The maximum atomic E-state index is 5.35. The SMILES string of the molecule is CCC(C)CN(C)Cc1cc(CNC(C)C)no1. The smallest absolute Gasteiger partial charge is 0.151 e. The Morgan fingerprint density at radius 2 is 2.11 bits per heavy atom. The summed E-state index contributed by atoms with van der Waals surface area (Å²) in [6, 6.07) is 2.51. The quantitative estimate of drug-likeness (QED) is 0.773. The van der Waals surface area contributed by atoms with E-state index in [-0.39, 0.29) is 0 Å². The molecule has 0 aliphatic carbocycles. The summed E-state index contributed by atoms with van der Waals surface area (Å²) in [6.45, 7) is 11.4. The average Bonchev–Trinajstić information content (AvgIpc) is 2.73. The van der Waals surface area contributed by atoms with E-state index in [1.807, 2.05) is 6.07 Å². The summed E-state index contributed by atoms with van der Waals surface area (Å²) < 4.78 is 5.35. The maximum Gasteiger partial charge on any atom is 0.151 e. The highest BCUT2D eigenvalue weighted by Crippen LogP contribution is 2.09. The van der Waals surface area contributed by atoms with Crippen molar-refractivity contribution in [3.63, 3.8) is 0 Å². The van der Waals surface area contributed by atoms with Crippen LogP contribution < -0.4 is 5.32 Å². The van der Waals surface area contributed by atoms with Gasteiger partial charge in [-0.25, -0.2) is 0 Å². The molecule has 0 bridgehead atoms. The lowest BCUT2D eigenvalue weighted by molar-refractivity contribution is 0.240. The minimum absolute atomic E-state index is 0.471. The summed E-state index contributed by atoms with van der Waals surface area (Å²) in [5.41, 5.74) is 0.982. The van der Waals surface area contributed by atoms with Crippen molar-refractivity contribution in [3.05, 3.63) is 17.5 Å². The van der Waals surface area contributed by atoms with E-state index < -0.39 is 0 Å². The standard InChI is InChI=1S/C14H27N3O/c1-6-12(4)9-17(5)10-14-7-13(16-18-14)8-15-11(2)3/h7,11-12,15H,6,8-10H2,1-5H3. The molecular weight excluding hydrogens is 226 g/mol. The summed E-state index contributed by atoms with van der Waals surface area (Å²) in [5.74, 6) is 1.67. The Morgan fingerprint density at radius 3 is 2.72 bits per heavy atom. The number of hydrogen-bond donors (Lipinski definition) is 1. The Morgan fingerprint density at radius 1 is 1.39 bits per heavy atom. The van der Waals surface area contributed by atoms with Gasteiger partial charge in [0.15, 0.2) is 5.76 Å². The molecule has 18 heavy (non-hydrogen) atoms. The van der Waals surface area contributed by atoms with Crippen LogP contribution in [0.3, 0.4) is 0 Å². The van der Waals surface area contributed by atoms with Crippen LogP contribution in [0.15, 0.2) is 10.6 Å². The molecule has 4 heteroatoms. The topological polar surface area (TPSA) is 41.3 Å². The second-order valence-electron chi connectivity index (χ2n) is 5.53. The van der Waals surface area contributed by atoms with Crippen molar-refractivity contribution in [1.82, 2.24) is 15.4 Å². The van der Waals surface area contributed by atoms with Crippen LogP contribution in [0.4, 0.5) is 0 Å². The van der Waals surface area contributed by atoms with Crippen LogP contribution >= 0.6 is 0 Å². The number of aromatic nitrogens is 1. The molecule has 0 aliphatic rings. The van der Waals surface area contributed by atoms with E-state index in [4.69, 9.17) is 4.52 Å². The fourth-order valence-corrected chi connectivity index (χ4v) is 1.81. The lowest BCUT2D eigenvalue weighted by atomic mass is 10.1. The lowest BCUT2D eigenvalue weighted by Crippen LogP contribution is -2.23. The molecule has 0 saturated heterocycles. The van der Waals surface area contributed by atoms with Crippen LogP contribution in [-0.4, -0.2) is 29.7 Å². The van der Waals surface area contributed by atoms with Gasteiger partial charge in [0, 0.05) is 25.2 Å². The van der Waals surface area contributed by atoms with E-state index in [1.54, 1.807) is 0 Å². The highest BCUT2D eigenvalue weighted by atomic mass is 16.5. The van der Waals surface area contributed by atoms with Gasteiger partial charge in [-0.1, -0.05) is 39.3 Å². The number of nitrogens with zero attached hydrogens (tertiary/aromatic N) is 2. The fourth-order valence-electron chi connectivity index (χ4n) is 1.81. The van der Waals surface area contributed by atoms with Gasteiger partial charge in [-0.2, -0.15) is 0 Å². The van der Waals surface area contributed by atoms with Gasteiger partial charge in [0.1, 0.15) is 0 Å². The van der Waals surface area contributed by atoms with Crippen LogP contribution in [0.2, 0.25) is 0 Å². The van der Waals surface area contributed by atoms with Crippen molar-refractivity contribution in [2.75, 3.05) is 13.6 Å². The predicted molar refractivity (Wildman–Crippen MR) is 74.3 cm³/mol. The van der Waals surface area contributed by atoms with E-state index in [1.165, 1.54) is 6.42 Å². The van der Waals surface area contributed by atoms with Gasteiger partial charge < -0.3 is 9.84 Å². The molecule has 1 heterocycles. The van der Waals surface area contributed by atoms with Crippen LogP contribution in [0, 0.1) is 5.92 Å². The molecule has 0 spiro atoms. The summed E-state index contributed by atoms with van der Waals surface area (Å²) in [7, 11) is 2.13. The molecule has 1 aromatic rings. The Hall–Kier alpha value is -0.870. The van der Waals surface area contributed by atoms with Gasteiger partial charge in [-0.3, -0.25) is 4.90 Å². The minimum Gasteiger partial charge on any atom is -0.360 e. The molecule has 0 radical (unpaired) electrons. The first-order valence-corrected chi connectivity index (χ1v) is 6.87. The van der Waals surface area contributed by atoms with Crippen LogP contribution in [0.5, 0.6) is 0 Å². The Kier molecular flexibility index (Phi) is 6.36. The first-order valence-electron chi connectivity index (χ1n) is 6.87. The van der Waals surface area contributed by atoms with Gasteiger partial charge in [-0.05, 0) is 13.0 Å². The summed E-state index contributed by atoms with van der Waals surface area (Å²) in [5, 5.41) is 7.41. The van der Waals surface area contributed by atoms with E-state index in [0.29, 0.717) is 6.04 Å². The molecule has 0 fully saturated rings. The van der Waals surface area contributed by atoms with E-state index >= 15 is 0 Å². The number of nitrogens with one attached hydrogen (secondary N) is 1. The third-order valence-corrected chi connectivity index (χ3v) is 3.05. The molecule has 1 rings (SSSR count). The first kappa shape index (κ1) is 15.2. The van der Waals surface area contributed by atoms with E-state index in [0.717, 1.165) is 37.0 Å². The lowest BCUT2D eigenvalue weighted by Gasteiger charge is -2.18. The molecule has 0 saturated carbocycles.